The van der Waals surface area contributed by atoms with Crippen molar-refractivity contribution >= 4 is 17.7 Å². The van der Waals surface area contributed by atoms with Gasteiger partial charge in [-0.1, -0.05) is 6.42 Å². The Labute approximate surface area is 181 Å². The first kappa shape index (κ1) is 20.5. The van der Waals surface area contributed by atoms with E-state index in [-0.39, 0.29) is 30.2 Å². The zero-order chi connectivity index (χ0) is 21.5. The topological polar surface area (TPSA) is 88.2 Å². The smallest absolute Gasteiger partial charge is 0.255 e. The summed E-state index contributed by atoms with van der Waals surface area (Å²) in [6.45, 7) is 2.29. The van der Waals surface area contributed by atoms with Crippen LogP contribution < -0.4 is 10.1 Å². The van der Waals surface area contributed by atoms with Gasteiger partial charge in [0.2, 0.25) is 11.8 Å². The number of nitrogens with zero attached hydrogens (tertiary/aromatic N) is 2. The van der Waals surface area contributed by atoms with E-state index in [0.29, 0.717) is 30.7 Å². The standard InChI is InChI=1S/C23H29N3O5/c1-30-16-12-25(13-16)18-4-2-3-5-20(18)31-15-6-7-17-14(10-15)11-26(23(17)29)19-8-9-21(27)24-22(19)28/h6-7,10,16,18-20H,2-5,8-9,11-13H2,1H3,(H,24,27,28). The van der Waals surface area contributed by atoms with E-state index in [1.54, 1.807) is 18.1 Å². The number of amides is 3. The summed E-state index contributed by atoms with van der Waals surface area (Å²) in [6.07, 6.45) is 5.63. The Morgan fingerprint density at radius 3 is 2.65 bits per heavy atom. The highest BCUT2D eigenvalue weighted by atomic mass is 16.5. The van der Waals surface area contributed by atoms with E-state index in [0.717, 1.165) is 43.7 Å². The number of methoxy groups -OCH3 is 1. The molecule has 1 N–H and O–H groups in total. The van der Waals surface area contributed by atoms with Crippen LogP contribution in [0.1, 0.15) is 54.4 Å². The van der Waals surface area contributed by atoms with Crippen LogP contribution in [0.15, 0.2) is 18.2 Å². The van der Waals surface area contributed by atoms with E-state index in [2.05, 4.69) is 10.2 Å². The summed E-state index contributed by atoms with van der Waals surface area (Å²) in [5, 5.41) is 2.34. The fourth-order valence-corrected chi connectivity index (χ4v) is 5.32. The van der Waals surface area contributed by atoms with Crippen LogP contribution in [0.3, 0.4) is 0 Å². The number of hydrogen-bond donors (Lipinski definition) is 1. The van der Waals surface area contributed by atoms with E-state index in [1.165, 1.54) is 6.42 Å². The molecule has 1 saturated carbocycles. The number of likely N-dealkylation sites (tertiary alicyclic amines) is 1. The molecule has 0 bridgehead atoms. The van der Waals surface area contributed by atoms with Crippen molar-refractivity contribution in [2.45, 2.75) is 69.4 Å². The van der Waals surface area contributed by atoms with Crippen molar-refractivity contribution in [1.82, 2.24) is 15.1 Å². The van der Waals surface area contributed by atoms with Crippen LogP contribution >= 0.6 is 0 Å². The molecule has 1 aromatic rings. The fraction of sp³-hybridized carbons (Fsp3) is 0.609. The normalized spacial score (nSPS) is 29.5. The molecule has 1 aliphatic carbocycles. The third kappa shape index (κ3) is 3.83. The Morgan fingerprint density at radius 1 is 1.06 bits per heavy atom. The molecule has 2 saturated heterocycles. The van der Waals surface area contributed by atoms with Crippen molar-refractivity contribution in [3.63, 3.8) is 0 Å². The number of fused-ring (bicyclic) bond motifs is 1. The van der Waals surface area contributed by atoms with Gasteiger partial charge in [0, 0.05) is 44.8 Å². The molecule has 8 nitrogen and oxygen atoms in total. The van der Waals surface area contributed by atoms with E-state index < -0.39 is 6.04 Å². The highest BCUT2D eigenvalue weighted by Crippen LogP contribution is 2.34. The molecule has 3 aliphatic heterocycles. The van der Waals surface area contributed by atoms with Gasteiger partial charge >= 0.3 is 0 Å². The van der Waals surface area contributed by atoms with Gasteiger partial charge in [-0.2, -0.15) is 0 Å². The zero-order valence-corrected chi connectivity index (χ0v) is 17.8. The number of piperidine rings is 1. The molecule has 31 heavy (non-hydrogen) atoms. The minimum atomic E-state index is -0.593. The Bertz CT molecular complexity index is 897. The Kier molecular flexibility index (Phi) is 5.44. The van der Waals surface area contributed by atoms with Gasteiger partial charge in [-0.25, -0.2) is 0 Å². The van der Waals surface area contributed by atoms with Crippen LogP contribution in [0.25, 0.3) is 0 Å². The molecule has 0 spiro atoms. The first-order valence-corrected chi connectivity index (χ1v) is 11.2. The molecular formula is C23H29N3O5. The van der Waals surface area contributed by atoms with Crippen molar-refractivity contribution < 1.29 is 23.9 Å². The van der Waals surface area contributed by atoms with E-state index in [9.17, 15) is 14.4 Å². The molecule has 166 valence electrons. The number of rotatable bonds is 5. The Morgan fingerprint density at radius 2 is 1.87 bits per heavy atom. The number of imide groups is 1. The maximum atomic E-state index is 12.9. The predicted octanol–water partition coefficient (Wildman–Crippen LogP) is 1.47. The van der Waals surface area contributed by atoms with Crippen LogP contribution in [-0.2, 0) is 20.9 Å². The molecular weight excluding hydrogens is 398 g/mol. The fourth-order valence-electron chi connectivity index (χ4n) is 5.32. The Balaban J connectivity index is 1.28. The molecule has 0 radical (unpaired) electrons. The van der Waals surface area contributed by atoms with Crippen LogP contribution in [0.4, 0.5) is 0 Å². The second-order valence-corrected chi connectivity index (χ2v) is 9.04. The second kappa shape index (κ2) is 8.24. The van der Waals surface area contributed by atoms with Gasteiger partial charge in [-0.15, -0.1) is 0 Å². The van der Waals surface area contributed by atoms with Gasteiger partial charge in [-0.05, 0) is 49.4 Å². The lowest BCUT2D eigenvalue weighted by molar-refractivity contribution is -0.136. The van der Waals surface area contributed by atoms with Crippen molar-refractivity contribution in [2.24, 2.45) is 0 Å². The van der Waals surface area contributed by atoms with Crippen molar-refractivity contribution in [1.29, 1.82) is 0 Å². The summed E-state index contributed by atoms with van der Waals surface area (Å²) in [7, 11) is 1.76. The molecule has 4 aliphatic rings. The maximum Gasteiger partial charge on any atom is 0.255 e. The van der Waals surface area contributed by atoms with Gasteiger partial charge in [0.25, 0.3) is 5.91 Å². The van der Waals surface area contributed by atoms with E-state index >= 15 is 0 Å². The van der Waals surface area contributed by atoms with Crippen molar-refractivity contribution in [3.05, 3.63) is 29.3 Å². The summed E-state index contributed by atoms with van der Waals surface area (Å²) >= 11 is 0. The molecule has 3 atom stereocenters. The molecule has 3 fully saturated rings. The summed E-state index contributed by atoms with van der Waals surface area (Å²) in [4.78, 5) is 40.6. The third-order valence-electron chi connectivity index (χ3n) is 7.13. The van der Waals surface area contributed by atoms with Gasteiger partial charge < -0.3 is 14.4 Å². The van der Waals surface area contributed by atoms with Crippen molar-refractivity contribution in [2.75, 3.05) is 20.2 Å². The largest absolute Gasteiger partial charge is 0.489 e. The lowest BCUT2D eigenvalue weighted by Gasteiger charge is -2.47. The SMILES string of the molecule is COC1CN(C2CCCCC2Oc2ccc3c(c2)CN(C2CCC(=O)NC2=O)C3=O)C1. The van der Waals surface area contributed by atoms with Crippen LogP contribution in [-0.4, -0.2) is 72.0 Å². The van der Waals surface area contributed by atoms with Gasteiger partial charge in [0.15, 0.2) is 0 Å². The highest BCUT2D eigenvalue weighted by Gasteiger charge is 2.40. The molecule has 3 heterocycles. The quantitative estimate of drug-likeness (QED) is 0.716. The number of benzene rings is 1. The van der Waals surface area contributed by atoms with Gasteiger partial charge in [-0.3, -0.25) is 24.6 Å². The molecule has 8 heteroatoms. The van der Waals surface area contributed by atoms with Crippen LogP contribution in [0.2, 0.25) is 0 Å². The second-order valence-electron chi connectivity index (χ2n) is 9.04. The monoisotopic (exact) mass is 427 g/mol. The number of carbonyl (C=O) groups excluding carboxylic acids is 3. The van der Waals surface area contributed by atoms with E-state index in [1.807, 2.05) is 12.1 Å². The molecule has 1 aromatic carbocycles. The van der Waals surface area contributed by atoms with Gasteiger partial charge in [0.1, 0.15) is 17.9 Å². The number of ether oxygens (including phenoxy) is 2. The van der Waals surface area contributed by atoms with Gasteiger partial charge in [0.05, 0.1) is 6.10 Å². The Hall–Kier alpha value is -2.45. The molecule has 0 aromatic heterocycles. The predicted molar refractivity (Wildman–Crippen MR) is 112 cm³/mol. The first-order chi connectivity index (χ1) is 15.0. The molecule has 5 rings (SSSR count). The lowest BCUT2D eigenvalue weighted by atomic mass is 9.89. The minimum Gasteiger partial charge on any atom is -0.489 e. The van der Waals surface area contributed by atoms with E-state index in [4.69, 9.17) is 9.47 Å². The summed E-state index contributed by atoms with van der Waals surface area (Å²) < 4.78 is 11.9. The molecule has 3 unspecified atom stereocenters. The summed E-state index contributed by atoms with van der Waals surface area (Å²) in [6, 6.07) is 5.42. The summed E-state index contributed by atoms with van der Waals surface area (Å²) in [5.41, 5.74) is 1.49. The van der Waals surface area contributed by atoms with Crippen molar-refractivity contribution in [3.8, 4) is 5.75 Å². The molecule has 3 amide bonds. The zero-order valence-electron chi connectivity index (χ0n) is 17.8. The number of hydrogen-bond acceptors (Lipinski definition) is 6. The first-order valence-electron chi connectivity index (χ1n) is 11.2. The average molecular weight is 428 g/mol. The van der Waals surface area contributed by atoms with Crippen LogP contribution in [0, 0.1) is 0 Å². The van der Waals surface area contributed by atoms with Crippen LogP contribution in [0.5, 0.6) is 5.75 Å². The average Bonchev–Trinajstić information content (AvgIpc) is 3.04. The maximum absolute atomic E-state index is 12.9. The number of carbonyl (C=O) groups is 3. The number of nitrogens with one attached hydrogen (secondary N) is 1. The minimum absolute atomic E-state index is 0.132. The summed E-state index contributed by atoms with van der Waals surface area (Å²) in [5.74, 6) is -0.0415. The third-order valence-corrected chi connectivity index (χ3v) is 7.13. The lowest BCUT2D eigenvalue weighted by Crippen LogP contribution is -2.60. The highest BCUT2D eigenvalue weighted by molar-refractivity contribution is 6.05.